The zero-order valence-electron chi connectivity index (χ0n) is 9.39. The van der Waals surface area contributed by atoms with Crippen molar-refractivity contribution in [2.45, 2.75) is 26.8 Å². The van der Waals surface area contributed by atoms with Gasteiger partial charge in [-0.2, -0.15) is 0 Å². The minimum absolute atomic E-state index is 0.177. The second-order valence-corrected chi connectivity index (χ2v) is 3.55. The summed E-state index contributed by atoms with van der Waals surface area (Å²) < 4.78 is 39.8. The van der Waals surface area contributed by atoms with E-state index in [1.165, 1.54) is 25.1 Å². The Hall–Kier alpha value is -1.72. The second-order valence-electron chi connectivity index (χ2n) is 3.55. The van der Waals surface area contributed by atoms with Crippen molar-refractivity contribution in [3.8, 4) is 5.75 Å². The van der Waals surface area contributed by atoms with Crippen LogP contribution in [0.4, 0.5) is 13.2 Å². The van der Waals surface area contributed by atoms with E-state index in [-0.39, 0.29) is 18.2 Å². The lowest BCUT2D eigenvalue weighted by Crippen LogP contribution is -2.20. The number of alkyl halides is 3. The van der Waals surface area contributed by atoms with Crippen LogP contribution in [-0.2, 0) is 11.3 Å². The zero-order valence-corrected chi connectivity index (χ0v) is 9.39. The van der Waals surface area contributed by atoms with E-state index in [2.05, 4.69) is 10.1 Å². The number of nitrogens with one attached hydrogen (secondary N) is 1. The minimum atomic E-state index is -4.71. The molecular formula is C11H12F3NO2. The molecule has 1 aromatic carbocycles. The molecule has 0 unspecified atom stereocenters. The third-order valence-corrected chi connectivity index (χ3v) is 2.08. The molecule has 0 saturated carbocycles. The van der Waals surface area contributed by atoms with Gasteiger partial charge in [0.1, 0.15) is 5.75 Å². The molecule has 0 aromatic heterocycles. The predicted molar refractivity (Wildman–Crippen MR) is 55.4 cm³/mol. The lowest BCUT2D eigenvalue weighted by Gasteiger charge is -2.12. The maximum absolute atomic E-state index is 12.0. The van der Waals surface area contributed by atoms with Gasteiger partial charge in [-0.05, 0) is 30.2 Å². The van der Waals surface area contributed by atoms with Gasteiger partial charge >= 0.3 is 6.36 Å². The highest BCUT2D eigenvalue weighted by molar-refractivity contribution is 5.72. The van der Waals surface area contributed by atoms with E-state index >= 15 is 0 Å². The molecule has 0 aliphatic carbocycles. The van der Waals surface area contributed by atoms with Gasteiger partial charge in [0.25, 0.3) is 0 Å². The van der Waals surface area contributed by atoms with Crippen molar-refractivity contribution in [3.63, 3.8) is 0 Å². The first-order valence-electron chi connectivity index (χ1n) is 4.87. The fraction of sp³-hybridized carbons (Fsp3) is 0.364. The van der Waals surface area contributed by atoms with E-state index in [0.717, 1.165) is 5.56 Å². The van der Waals surface area contributed by atoms with E-state index in [1.807, 2.05) is 0 Å². The van der Waals surface area contributed by atoms with Crippen LogP contribution in [0, 0.1) is 6.92 Å². The van der Waals surface area contributed by atoms with Crippen molar-refractivity contribution in [1.82, 2.24) is 5.32 Å². The third kappa shape index (κ3) is 4.76. The lowest BCUT2D eigenvalue weighted by atomic mass is 10.1. The number of hydrogen-bond donors (Lipinski definition) is 1. The fourth-order valence-corrected chi connectivity index (χ4v) is 1.26. The SMILES string of the molecule is CC(=O)NCc1cc(OC(F)(F)F)ccc1C. The van der Waals surface area contributed by atoms with Gasteiger partial charge < -0.3 is 10.1 Å². The van der Waals surface area contributed by atoms with Crippen LogP contribution < -0.4 is 10.1 Å². The highest BCUT2D eigenvalue weighted by Crippen LogP contribution is 2.24. The Kier molecular flexibility index (Phi) is 3.98. The number of halogens is 3. The largest absolute Gasteiger partial charge is 0.573 e. The molecule has 0 radical (unpaired) electrons. The normalized spacial score (nSPS) is 11.1. The number of ether oxygens (including phenoxy) is 1. The summed E-state index contributed by atoms with van der Waals surface area (Å²) in [5, 5.41) is 2.52. The van der Waals surface area contributed by atoms with Crippen LogP contribution in [0.2, 0.25) is 0 Å². The molecule has 0 bridgehead atoms. The van der Waals surface area contributed by atoms with Gasteiger partial charge in [-0.25, -0.2) is 0 Å². The van der Waals surface area contributed by atoms with Gasteiger partial charge in [-0.15, -0.1) is 13.2 Å². The Morgan fingerprint density at radius 3 is 2.59 bits per heavy atom. The fourth-order valence-electron chi connectivity index (χ4n) is 1.26. The standard InChI is InChI=1S/C11H12F3NO2/c1-7-3-4-10(17-11(12,13)14)5-9(7)6-15-8(2)16/h3-5H,6H2,1-2H3,(H,15,16). The topological polar surface area (TPSA) is 38.3 Å². The Balaban J connectivity index is 2.83. The molecule has 0 heterocycles. The molecule has 0 saturated heterocycles. The number of benzene rings is 1. The Morgan fingerprint density at radius 2 is 2.06 bits per heavy atom. The van der Waals surface area contributed by atoms with Crippen LogP contribution in [0.15, 0.2) is 18.2 Å². The minimum Gasteiger partial charge on any atom is -0.406 e. The zero-order chi connectivity index (χ0) is 13.1. The van der Waals surface area contributed by atoms with E-state index < -0.39 is 6.36 Å². The van der Waals surface area contributed by atoms with Crippen LogP contribution in [0.1, 0.15) is 18.1 Å². The summed E-state index contributed by atoms with van der Waals surface area (Å²) >= 11 is 0. The van der Waals surface area contributed by atoms with Crippen LogP contribution in [0.25, 0.3) is 0 Å². The third-order valence-electron chi connectivity index (χ3n) is 2.08. The van der Waals surface area contributed by atoms with E-state index in [4.69, 9.17) is 0 Å². The van der Waals surface area contributed by atoms with Crippen LogP contribution in [0.5, 0.6) is 5.75 Å². The molecule has 3 nitrogen and oxygen atoms in total. The molecular weight excluding hydrogens is 235 g/mol. The summed E-state index contributed by atoms with van der Waals surface area (Å²) in [4.78, 5) is 10.7. The quantitative estimate of drug-likeness (QED) is 0.891. The van der Waals surface area contributed by atoms with Gasteiger partial charge in [0.15, 0.2) is 0 Å². The Bertz CT molecular complexity index is 416. The molecule has 1 N–H and O–H groups in total. The van der Waals surface area contributed by atoms with Crippen molar-refractivity contribution in [1.29, 1.82) is 0 Å². The molecule has 6 heteroatoms. The summed E-state index contributed by atoms with van der Waals surface area (Å²) in [6.07, 6.45) is -4.71. The molecule has 1 rings (SSSR count). The van der Waals surface area contributed by atoms with Crippen molar-refractivity contribution >= 4 is 5.91 Å². The van der Waals surface area contributed by atoms with Gasteiger partial charge in [0.2, 0.25) is 5.91 Å². The van der Waals surface area contributed by atoms with E-state index in [9.17, 15) is 18.0 Å². The summed E-state index contributed by atoms with van der Waals surface area (Å²) in [6.45, 7) is 3.26. The van der Waals surface area contributed by atoms with Crippen LogP contribution in [0.3, 0.4) is 0 Å². The molecule has 0 atom stereocenters. The van der Waals surface area contributed by atoms with Crippen molar-refractivity contribution in [2.75, 3.05) is 0 Å². The maximum Gasteiger partial charge on any atom is 0.573 e. The number of rotatable bonds is 3. The maximum atomic E-state index is 12.0. The first-order valence-corrected chi connectivity index (χ1v) is 4.87. The molecule has 0 spiro atoms. The molecule has 1 amide bonds. The Morgan fingerprint density at radius 1 is 1.41 bits per heavy atom. The predicted octanol–water partition coefficient (Wildman–Crippen LogP) is 2.53. The first-order chi connectivity index (χ1) is 7.78. The van der Waals surface area contributed by atoms with Gasteiger partial charge in [-0.1, -0.05) is 6.07 Å². The molecule has 94 valence electrons. The van der Waals surface area contributed by atoms with Gasteiger partial charge in [0, 0.05) is 13.5 Å². The van der Waals surface area contributed by atoms with Crippen molar-refractivity contribution in [3.05, 3.63) is 29.3 Å². The van der Waals surface area contributed by atoms with Crippen molar-refractivity contribution < 1.29 is 22.7 Å². The van der Waals surface area contributed by atoms with Gasteiger partial charge in [-0.3, -0.25) is 4.79 Å². The number of amides is 1. The van der Waals surface area contributed by atoms with E-state index in [0.29, 0.717) is 5.56 Å². The number of carbonyl (C=O) groups excluding carboxylic acids is 1. The number of carbonyl (C=O) groups is 1. The molecule has 17 heavy (non-hydrogen) atoms. The summed E-state index contributed by atoms with van der Waals surface area (Å²) in [5.41, 5.74) is 1.37. The molecule has 0 fully saturated rings. The average Bonchev–Trinajstić information content (AvgIpc) is 2.16. The smallest absolute Gasteiger partial charge is 0.406 e. The highest BCUT2D eigenvalue weighted by Gasteiger charge is 2.31. The average molecular weight is 247 g/mol. The lowest BCUT2D eigenvalue weighted by molar-refractivity contribution is -0.274. The summed E-state index contributed by atoms with van der Waals surface area (Å²) in [7, 11) is 0. The Labute approximate surface area is 96.6 Å². The summed E-state index contributed by atoms with van der Waals surface area (Å²) in [6, 6.07) is 4.01. The van der Waals surface area contributed by atoms with Gasteiger partial charge in [0.05, 0.1) is 0 Å². The molecule has 0 aliphatic heterocycles. The molecule has 1 aromatic rings. The first kappa shape index (κ1) is 13.3. The second kappa shape index (κ2) is 5.07. The van der Waals surface area contributed by atoms with Crippen molar-refractivity contribution in [2.24, 2.45) is 0 Å². The van der Waals surface area contributed by atoms with Crippen LogP contribution in [-0.4, -0.2) is 12.3 Å². The van der Waals surface area contributed by atoms with Crippen LogP contribution >= 0.6 is 0 Å². The number of aryl methyl sites for hydroxylation is 1. The highest BCUT2D eigenvalue weighted by atomic mass is 19.4. The number of hydrogen-bond acceptors (Lipinski definition) is 2. The molecule has 0 aliphatic rings. The monoisotopic (exact) mass is 247 g/mol. The summed E-state index contributed by atoms with van der Waals surface area (Å²) in [5.74, 6) is -0.532. The van der Waals surface area contributed by atoms with E-state index in [1.54, 1.807) is 6.92 Å².